The molecule has 0 unspecified atom stereocenters. The third-order valence-electron chi connectivity index (χ3n) is 4.87. The van der Waals surface area contributed by atoms with E-state index in [2.05, 4.69) is 24.7 Å². The number of nitrogens with two attached hydrogens (primary N) is 1. The van der Waals surface area contributed by atoms with Crippen molar-refractivity contribution in [3.8, 4) is 22.5 Å². The SMILES string of the molecule is CCOC(=O)Nc1ccc(-c2cncc(F)c2)nc1C(F)(F)F.Nc1ccc(-c2cncc(F)c2)nc1C(F)(F)F. The Balaban J connectivity index is 0.000000232. The van der Waals surface area contributed by atoms with Crippen LogP contribution in [0.4, 0.5) is 51.3 Å². The highest BCUT2D eigenvalue weighted by atomic mass is 19.4. The lowest BCUT2D eigenvalue weighted by atomic mass is 10.1. The van der Waals surface area contributed by atoms with E-state index in [-0.39, 0.29) is 29.1 Å². The number of hydrogen-bond acceptors (Lipinski definition) is 7. The molecule has 3 N–H and O–H groups in total. The zero-order valence-electron chi connectivity index (χ0n) is 20.7. The van der Waals surface area contributed by atoms with Gasteiger partial charge in [-0.15, -0.1) is 0 Å². The van der Waals surface area contributed by atoms with Crippen LogP contribution in [0.15, 0.2) is 61.2 Å². The van der Waals surface area contributed by atoms with Crippen molar-refractivity contribution in [3.05, 3.63) is 84.2 Å². The van der Waals surface area contributed by atoms with Crippen molar-refractivity contribution in [1.82, 2.24) is 19.9 Å². The van der Waals surface area contributed by atoms with E-state index in [4.69, 9.17) is 5.73 Å². The summed E-state index contributed by atoms with van der Waals surface area (Å²) >= 11 is 0. The summed E-state index contributed by atoms with van der Waals surface area (Å²) in [6.07, 6.45) is -6.21. The van der Waals surface area contributed by atoms with Crippen molar-refractivity contribution >= 4 is 17.5 Å². The predicted octanol–water partition coefficient (Wildman–Crippen LogP) is 6.75. The van der Waals surface area contributed by atoms with Gasteiger partial charge in [0.2, 0.25) is 0 Å². The Morgan fingerprint density at radius 2 is 1.29 bits per heavy atom. The van der Waals surface area contributed by atoms with Crippen molar-refractivity contribution in [1.29, 1.82) is 0 Å². The highest BCUT2D eigenvalue weighted by Crippen LogP contribution is 2.35. The maximum absolute atomic E-state index is 13.1. The second-order valence-corrected chi connectivity index (χ2v) is 7.85. The summed E-state index contributed by atoms with van der Waals surface area (Å²) in [5.74, 6) is -1.36. The van der Waals surface area contributed by atoms with E-state index < -0.39 is 52.8 Å². The zero-order chi connectivity index (χ0) is 30.4. The Kier molecular flexibility index (Phi) is 9.36. The first kappa shape index (κ1) is 30.6. The molecule has 4 aromatic rings. The van der Waals surface area contributed by atoms with Gasteiger partial charge >= 0.3 is 18.4 Å². The van der Waals surface area contributed by atoms with Crippen LogP contribution in [0.5, 0.6) is 0 Å². The fourth-order valence-corrected chi connectivity index (χ4v) is 3.18. The van der Waals surface area contributed by atoms with E-state index in [0.717, 1.165) is 36.7 Å². The van der Waals surface area contributed by atoms with Gasteiger partial charge in [0.15, 0.2) is 11.4 Å². The van der Waals surface area contributed by atoms with Gasteiger partial charge in [-0.25, -0.2) is 23.5 Å². The van der Waals surface area contributed by atoms with Crippen molar-refractivity contribution in [2.24, 2.45) is 0 Å². The van der Waals surface area contributed by atoms with Crippen LogP contribution in [0.2, 0.25) is 0 Å². The average Bonchev–Trinajstić information content (AvgIpc) is 2.88. The maximum atomic E-state index is 13.1. The van der Waals surface area contributed by atoms with Crippen LogP contribution in [0.3, 0.4) is 0 Å². The summed E-state index contributed by atoms with van der Waals surface area (Å²) in [4.78, 5) is 25.3. The van der Waals surface area contributed by atoms with Gasteiger partial charge in [0.25, 0.3) is 0 Å². The molecule has 8 nitrogen and oxygen atoms in total. The Hall–Kier alpha value is -4.89. The molecular formula is C25H18F8N6O2. The number of nitrogens with zero attached hydrogens (tertiary/aromatic N) is 4. The molecule has 216 valence electrons. The Bertz CT molecular complexity index is 1530. The Labute approximate surface area is 226 Å². The smallest absolute Gasteiger partial charge is 0.435 e. The number of rotatable bonds is 4. The maximum Gasteiger partial charge on any atom is 0.435 e. The third-order valence-corrected chi connectivity index (χ3v) is 4.87. The number of nitrogens with one attached hydrogen (secondary N) is 1. The molecule has 0 radical (unpaired) electrons. The van der Waals surface area contributed by atoms with E-state index in [1.165, 1.54) is 31.5 Å². The Morgan fingerprint density at radius 3 is 1.76 bits per heavy atom. The van der Waals surface area contributed by atoms with Crippen LogP contribution in [0, 0.1) is 11.6 Å². The lowest BCUT2D eigenvalue weighted by Crippen LogP contribution is -2.19. The molecule has 4 rings (SSSR count). The van der Waals surface area contributed by atoms with Crippen molar-refractivity contribution in [2.45, 2.75) is 19.3 Å². The molecule has 0 aliphatic carbocycles. The van der Waals surface area contributed by atoms with Gasteiger partial charge < -0.3 is 10.5 Å². The topological polar surface area (TPSA) is 116 Å². The quantitative estimate of drug-likeness (QED) is 0.254. The molecule has 0 aliphatic rings. The fourth-order valence-electron chi connectivity index (χ4n) is 3.18. The molecule has 0 atom stereocenters. The standard InChI is InChI=1S/C14H11F4N3O2.C11H7F4N3/c1-2-23-13(22)21-11-4-3-10(20-12(11)14(16,17)18)8-5-9(15)7-19-6-8;12-7-3-6(4-17-5-7)9-2-1-8(16)10(18-9)11(13,14)15/h3-7H,2H2,1H3,(H,21,22);1-5H,16H2. The summed E-state index contributed by atoms with van der Waals surface area (Å²) in [5, 5.41) is 1.97. The summed E-state index contributed by atoms with van der Waals surface area (Å²) in [6.45, 7) is 1.52. The monoisotopic (exact) mass is 586 g/mol. The van der Waals surface area contributed by atoms with Gasteiger partial charge in [-0.3, -0.25) is 15.3 Å². The second-order valence-electron chi connectivity index (χ2n) is 7.85. The van der Waals surface area contributed by atoms with Gasteiger partial charge in [0.1, 0.15) is 11.6 Å². The van der Waals surface area contributed by atoms with Gasteiger partial charge in [-0.1, -0.05) is 0 Å². The van der Waals surface area contributed by atoms with E-state index in [1.54, 1.807) is 0 Å². The number of hydrogen-bond donors (Lipinski definition) is 2. The second kappa shape index (κ2) is 12.5. The first-order chi connectivity index (χ1) is 19.2. The molecule has 16 heteroatoms. The molecule has 0 aliphatic heterocycles. The van der Waals surface area contributed by atoms with E-state index in [1.807, 2.05) is 5.32 Å². The third kappa shape index (κ3) is 8.30. The fraction of sp³-hybridized carbons (Fsp3) is 0.160. The molecular weight excluding hydrogens is 568 g/mol. The summed E-state index contributed by atoms with van der Waals surface area (Å²) < 4.78 is 108. The number of halogens is 8. The minimum Gasteiger partial charge on any atom is -0.450 e. The van der Waals surface area contributed by atoms with Crippen LogP contribution in [-0.4, -0.2) is 32.6 Å². The minimum atomic E-state index is -4.81. The molecule has 41 heavy (non-hydrogen) atoms. The minimum absolute atomic E-state index is 0.00760. The number of aromatic nitrogens is 4. The normalized spacial score (nSPS) is 11.3. The number of carbonyl (C=O) groups is 1. The van der Waals surface area contributed by atoms with Crippen LogP contribution >= 0.6 is 0 Å². The van der Waals surface area contributed by atoms with Crippen LogP contribution < -0.4 is 11.1 Å². The van der Waals surface area contributed by atoms with Gasteiger partial charge in [-0.2, -0.15) is 26.3 Å². The molecule has 0 saturated carbocycles. The number of amides is 1. The largest absolute Gasteiger partial charge is 0.450 e. The molecule has 0 saturated heterocycles. The van der Waals surface area contributed by atoms with Gasteiger partial charge in [-0.05, 0) is 43.3 Å². The lowest BCUT2D eigenvalue weighted by Gasteiger charge is -2.14. The number of carbonyl (C=O) groups excluding carboxylic acids is 1. The predicted molar refractivity (Wildman–Crippen MR) is 130 cm³/mol. The Morgan fingerprint density at radius 1 is 0.805 bits per heavy atom. The number of pyridine rings is 4. The molecule has 0 fully saturated rings. The first-order valence-electron chi connectivity index (χ1n) is 11.3. The number of alkyl halides is 6. The molecule has 0 aromatic carbocycles. The van der Waals surface area contributed by atoms with Crippen LogP contribution in [-0.2, 0) is 17.1 Å². The molecule has 4 heterocycles. The van der Waals surface area contributed by atoms with E-state index >= 15 is 0 Å². The molecule has 1 amide bonds. The first-order valence-corrected chi connectivity index (χ1v) is 11.3. The van der Waals surface area contributed by atoms with Gasteiger partial charge in [0.05, 0.1) is 41.8 Å². The van der Waals surface area contributed by atoms with Crippen molar-refractivity contribution in [3.63, 3.8) is 0 Å². The van der Waals surface area contributed by atoms with Gasteiger partial charge in [0, 0.05) is 23.5 Å². The number of nitrogen functional groups attached to an aromatic ring is 1. The molecule has 0 bridgehead atoms. The van der Waals surface area contributed by atoms with Crippen LogP contribution in [0.25, 0.3) is 22.5 Å². The average molecular weight is 586 g/mol. The molecule has 4 aromatic heterocycles. The van der Waals surface area contributed by atoms with E-state index in [0.29, 0.717) is 0 Å². The van der Waals surface area contributed by atoms with Crippen molar-refractivity contribution in [2.75, 3.05) is 17.7 Å². The number of ether oxygens (including phenoxy) is 1. The lowest BCUT2D eigenvalue weighted by molar-refractivity contribution is -0.141. The molecule has 0 spiro atoms. The summed E-state index contributed by atoms with van der Waals surface area (Å²) in [6, 6.07) is 6.65. The summed E-state index contributed by atoms with van der Waals surface area (Å²) in [7, 11) is 0. The summed E-state index contributed by atoms with van der Waals surface area (Å²) in [5.41, 5.74) is 1.75. The van der Waals surface area contributed by atoms with Crippen LogP contribution in [0.1, 0.15) is 18.3 Å². The van der Waals surface area contributed by atoms with E-state index in [9.17, 15) is 39.9 Å². The highest BCUT2D eigenvalue weighted by Gasteiger charge is 2.37. The highest BCUT2D eigenvalue weighted by molar-refractivity contribution is 5.85. The zero-order valence-corrected chi connectivity index (χ0v) is 20.7. The number of anilines is 2. The van der Waals surface area contributed by atoms with Crippen molar-refractivity contribution < 1.29 is 44.7 Å².